The highest BCUT2D eigenvalue weighted by molar-refractivity contribution is 5.97. The van der Waals surface area contributed by atoms with Crippen molar-refractivity contribution >= 4 is 10.9 Å². The minimum Gasteiger partial charge on any atom is -0.338 e. The molecular weight excluding hydrogens is 318 g/mol. The number of aromatic nitrogens is 3. The lowest BCUT2D eigenvalue weighted by atomic mass is 10.0. The van der Waals surface area contributed by atoms with Crippen molar-refractivity contribution in [2.45, 2.75) is 32.7 Å². The molecular formula is C23H23N3. The van der Waals surface area contributed by atoms with Crippen molar-refractivity contribution in [2.75, 3.05) is 0 Å². The molecule has 0 amide bonds. The van der Waals surface area contributed by atoms with E-state index in [2.05, 4.69) is 63.9 Å². The summed E-state index contributed by atoms with van der Waals surface area (Å²) in [6, 6.07) is 17.0. The lowest BCUT2D eigenvalue weighted by Gasteiger charge is -2.12. The van der Waals surface area contributed by atoms with Crippen molar-refractivity contribution in [3.8, 4) is 11.1 Å². The fraction of sp³-hybridized carbons (Fsp3) is 0.217. The summed E-state index contributed by atoms with van der Waals surface area (Å²) in [6.45, 7) is 3.11. The van der Waals surface area contributed by atoms with Gasteiger partial charge in [-0.2, -0.15) is 0 Å². The SMILES string of the molecule is CCCCc1c(-c2cccnc2)c2ccncc2n1Cc1ccccc1. The van der Waals surface area contributed by atoms with Crippen LogP contribution in [0.2, 0.25) is 0 Å². The molecule has 0 radical (unpaired) electrons. The first-order valence-corrected chi connectivity index (χ1v) is 9.28. The van der Waals surface area contributed by atoms with Gasteiger partial charge in [0.1, 0.15) is 0 Å². The first-order chi connectivity index (χ1) is 12.9. The predicted molar refractivity (Wildman–Crippen MR) is 107 cm³/mol. The molecule has 3 nitrogen and oxygen atoms in total. The molecule has 4 aromatic rings. The van der Waals surface area contributed by atoms with Crippen LogP contribution in [0.3, 0.4) is 0 Å². The van der Waals surface area contributed by atoms with Gasteiger partial charge in [-0.15, -0.1) is 0 Å². The number of hydrogen-bond donors (Lipinski definition) is 0. The quantitative estimate of drug-likeness (QED) is 0.464. The molecule has 0 aliphatic carbocycles. The number of nitrogens with zero attached hydrogens (tertiary/aromatic N) is 3. The van der Waals surface area contributed by atoms with E-state index in [1.165, 1.54) is 46.1 Å². The largest absolute Gasteiger partial charge is 0.338 e. The number of fused-ring (bicyclic) bond motifs is 1. The Kier molecular flexibility index (Phi) is 4.78. The van der Waals surface area contributed by atoms with Gasteiger partial charge >= 0.3 is 0 Å². The van der Waals surface area contributed by atoms with Crippen molar-refractivity contribution < 1.29 is 0 Å². The summed E-state index contributed by atoms with van der Waals surface area (Å²) in [7, 11) is 0. The van der Waals surface area contributed by atoms with Gasteiger partial charge in [-0.25, -0.2) is 0 Å². The van der Waals surface area contributed by atoms with E-state index in [-0.39, 0.29) is 0 Å². The van der Waals surface area contributed by atoms with Gasteiger partial charge in [0, 0.05) is 47.3 Å². The van der Waals surface area contributed by atoms with Crippen LogP contribution in [0, 0.1) is 0 Å². The highest BCUT2D eigenvalue weighted by Crippen LogP contribution is 2.35. The van der Waals surface area contributed by atoms with Gasteiger partial charge in [0.05, 0.1) is 11.7 Å². The summed E-state index contributed by atoms with van der Waals surface area (Å²) in [4.78, 5) is 8.76. The molecule has 0 atom stereocenters. The Morgan fingerprint density at radius 2 is 1.73 bits per heavy atom. The number of pyridine rings is 2. The normalized spacial score (nSPS) is 11.1. The van der Waals surface area contributed by atoms with Crippen LogP contribution in [0.1, 0.15) is 31.0 Å². The maximum atomic E-state index is 4.41. The van der Waals surface area contributed by atoms with Gasteiger partial charge in [-0.05, 0) is 30.5 Å². The minimum absolute atomic E-state index is 0.863. The number of benzene rings is 1. The van der Waals surface area contributed by atoms with Crippen molar-refractivity contribution in [1.82, 2.24) is 14.5 Å². The fourth-order valence-corrected chi connectivity index (χ4v) is 3.63. The van der Waals surface area contributed by atoms with E-state index < -0.39 is 0 Å². The first kappa shape index (κ1) is 16.5. The summed E-state index contributed by atoms with van der Waals surface area (Å²) < 4.78 is 2.44. The number of hydrogen-bond acceptors (Lipinski definition) is 2. The summed E-state index contributed by atoms with van der Waals surface area (Å²) in [6.07, 6.45) is 11.1. The third kappa shape index (κ3) is 3.13. The Bertz CT molecular complexity index is 988. The molecule has 0 fully saturated rings. The lowest BCUT2D eigenvalue weighted by molar-refractivity contribution is 0.712. The summed E-state index contributed by atoms with van der Waals surface area (Å²) in [5, 5.41) is 1.26. The van der Waals surface area contributed by atoms with Crippen LogP contribution >= 0.6 is 0 Å². The average molecular weight is 341 g/mol. The molecule has 0 saturated carbocycles. The number of rotatable bonds is 6. The third-order valence-corrected chi connectivity index (χ3v) is 4.88. The molecule has 26 heavy (non-hydrogen) atoms. The molecule has 0 saturated heterocycles. The second-order valence-electron chi connectivity index (χ2n) is 6.63. The molecule has 0 N–H and O–H groups in total. The molecule has 0 unspecified atom stereocenters. The zero-order valence-corrected chi connectivity index (χ0v) is 15.1. The van der Waals surface area contributed by atoms with Gasteiger partial charge in [0.25, 0.3) is 0 Å². The van der Waals surface area contributed by atoms with Crippen molar-refractivity contribution in [2.24, 2.45) is 0 Å². The van der Waals surface area contributed by atoms with Gasteiger partial charge in [0.2, 0.25) is 0 Å². The van der Waals surface area contributed by atoms with Crippen LogP contribution in [-0.2, 0) is 13.0 Å². The predicted octanol–water partition coefficient (Wildman–Crippen LogP) is 5.49. The van der Waals surface area contributed by atoms with E-state index >= 15 is 0 Å². The Labute approximate surface area is 154 Å². The van der Waals surface area contributed by atoms with Gasteiger partial charge in [0.15, 0.2) is 0 Å². The third-order valence-electron chi connectivity index (χ3n) is 4.88. The maximum absolute atomic E-state index is 4.41. The minimum atomic E-state index is 0.863. The van der Waals surface area contributed by atoms with Crippen LogP contribution in [0.15, 0.2) is 73.3 Å². The molecule has 3 aromatic heterocycles. The van der Waals surface area contributed by atoms with Crippen molar-refractivity contribution in [3.63, 3.8) is 0 Å². The van der Waals surface area contributed by atoms with Crippen LogP contribution in [-0.4, -0.2) is 14.5 Å². The summed E-state index contributed by atoms with van der Waals surface area (Å²) in [5.74, 6) is 0. The second kappa shape index (κ2) is 7.52. The number of unbranched alkanes of at least 4 members (excludes halogenated alkanes) is 1. The highest BCUT2D eigenvalue weighted by atomic mass is 15.0. The molecule has 0 aliphatic rings. The first-order valence-electron chi connectivity index (χ1n) is 9.28. The van der Waals surface area contributed by atoms with E-state index in [9.17, 15) is 0 Å². The summed E-state index contributed by atoms with van der Waals surface area (Å²) in [5.41, 5.74) is 6.37. The van der Waals surface area contributed by atoms with E-state index in [0.29, 0.717) is 0 Å². The zero-order valence-electron chi connectivity index (χ0n) is 15.1. The van der Waals surface area contributed by atoms with Crippen LogP contribution in [0.5, 0.6) is 0 Å². The monoisotopic (exact) mass is 341 g/mol. The van der Waals surface area contributed by atoms with E-state index in [0.717, 1.165) is 13.0 Å². The zero-order chi connectivity index (χ0) is 17.8. The van der Waals surface area contributed by atoms with Crippen molar-refractivity contribution in [1.29, 1.82) is 0 Å². The molecule has 0 aliphatic heterocycles. The summed E-state index contributed by atoms with van der Waals surface area (Å²) >= 11 is 0. The molecule has 0 spiro atoms. The Morgan fingerprint density at radius 1 is 0.885 bits per heavy atom. The Hall–Kier alpha value is -2.94. The lowest BCUT2D eigenvalue weighted by Crippen LogP contribution is -2.05. The van der Waals surface area contributed by atoms with Gasteiger partial charge < -0.3 is 4.57 Å². The molecule has 0 bridgehead atoms. The van der Waals surface area contributed by atoms with E-state index in [1.54, 1.807) is 0 Å². The smallest absolute Gasteiger partial charge is 0.0678 e. The second-order valence-corrected chi connectivity index (χ2v) is 6.63. The molecule has 130 valence electrons. The van der Waals surface area contributed by atoms with Gasteiger partial charge in [-0.1, -0.05) is 49.7 Å². The molecule has 1 aromatic carbocycles. The van der Waals surface area contributed by atoms with E-state index in [1.807, 2.05) is 30.9 Å². The fourth-order valence-electron chi connectivity index (χ4n) is 3.63. The standard InChI is InChI=1S/C23H23N3/c1-2-3-11-21-23(19-10-7-13-24-15-19)20-12-14-25-16-22(20)26(21)17-18-8-5-4-6-9-18/h4-10,12-16H,2-3,11,17H2,1H3. The maximum Gasteiger partial charge on any atom is 0.0678 e. The molecule has 4 rings (SSSR count). The van der Waals surface area contributed by atoms with E-state index in [4.69, 9.17) is 0 Å². The average Bonchev–Trinajstić information content (AvgIpc) is 3.01. The Balaban J connectivity index is 1.94. The van der Waals surface area contributed by atoms with Crippen LogP contribution in [0.4, 0.5) is 0 Å². The van der Waals surface area contributed by atoms with Crippen LogP contribution in [0.25, 0.3) is 22.0 Å². The van der Waals surface area contributed by atoms with Gasteiger partial charge in [-0.3, -0.25) is 9.97 Å². The van der Waals surface area contributed by atoms with Crippen LogP contribution < -0.4 is 0 Å². The molecule has 3 heteroatoms. The molecule has 3 heterocycles. The van der Waals surface area contributed by atoms with Crippen molar-refractivity contribution in [3.05, 3.63) is 84.6 Å². The topological polar surface area (TPSA) is 30.7 Å². The highest BCUT2D eigenvalue weighted by Gasteiger charge is 2.18. The Morgan fingerprint density at radius 3 is 2.50 bits per heavy atom.